The van der Waals surface area contributed by atoms with Crippen molar-refractivity contribution in [1.29, 1.82) is 0 Å². The summed E-state index contributed by atoms with van der Waals surface area (Å²) >= 11 is 0. The number of hydrogen-bond donors (Lipinski definition) is 1. The fourth-order valence-corrected chi connectivity index (χ4v) is 3.49. The third-order valence-corrected chi connectivity index (χ3v) is 5.10. The molecule has 0 amide bonds. The van der Waals surface area contributed by atoms with Crippen LogP contribution in [0.1, 0.15) is 57.1 Å². The minimum atomic E-state index is -0.671. The first-order valence-electron chi connectivity index (χ1n) is 10.4. The van der Waals surface area contributed by atoms with Gasteiger partial charge in [0.25, 0.3) is 5.56 Å². The van der Waals surface area contributed by atoms with Crippen molar-refractivity contribution in [1.82, 2.24) is 19.5 Å². The van der Waals surface area contributed by atoms with Crippen LogP contribution < -0.4 is 11.2 Å². The molecule has 2 aliphatic rings. The fourth-order valence-electron chi connectivity index (χ4n) is 3.49. The van der Waals surface area contributed by atoms with Gasteiger partial charge in [-0.25, -0.2) is 9.78 Å². The van der Waals surface area contributed by atoms with E-state index in [2.05, 4.69) is 15.0 Å². The van der Waals surface area contributed by atoms with E-state index in [-0.39, 0.29) is 17.8 Å². The highest BCUT2D eigenvalue weighted by Gasteiger charge is 2.19. The molecule has 2 heterocycles. The van der Waals surface area contributed by atoms with Gasteiger partial charge in [-0.3, -0.25) is 14.6 Å². The predicted molar refractivity (Wildman–Crippen MR) is 115 cm³/mol. The van der Waals surface area contributed by atoms with Crippen LogP contribution in [0.4, 0.5) is 0 Å². The quantitative estimate of drug-likeness (QED) is 0.346. The fraction of sp³-hybridized carbons (Fsp3) is 0.500. The molecule has 0 unspecified atom stereocenters. The largest absolute Gasteiger partial charge is 0.463 e. The van der Waals surface area contributed by atoms with Crippen LogP contribution in [0, 0.1) is 13.8 Å². The predicted octanol–water partition coefficient (Wildman–Crippen LogP) is 3.10. The standard InChI is InChI=1S/C22H28N4O4/c1-13(2)30-18(27)9-7-5-6-8-10-26-17-12-15(4)14(3)11-16(17)23-19-20(26)24-22(29)25-21(19)28/h11-13H,5-10H2,1-4H3,(H,25,28,29). The molecular formula is C22H28N4O4. The van der Waals surface area contributed by atoms with Gasteiger partial charge in [-0.05, 0) is 63.8 Å². The molecule has 0 saturated carbocycles. The summed E-state index contributed by atoms with van der Waals surface area (Å²) in [5.74, 6) is 0.141. The van der Waals surface area contributed by atoms with Crippen molar-refractivity contribution in [2.24, 2.45) is 0 Å². The lowest BCUT2D eigenvalue weighted by molar-refractivity contribution is -0.147. The lowest BCUT2D eigenvalue weighted by Crippen LogP contribution is -2.29. The molecule has 1 aromatic carbocycles. The molecule has 3 rings (SSSR count). The maximum Gasteiger partial charge on any atom is 0.349 e. The molecule has 0 aliphatic carbocycles. The Morgan fingerprint density at radius 1 is 1.07 bits per heavy atom. The van der Waals surface area contributed by atoms with Gasteiger partial charge >= 0.3 is 11.7 Å². The van der Waals surface area contributed by atoms with Gasteiger partial charge < -0.3 is 9.30 Å². The average molecular weight is 412 g/mol. The van der Waals surface area contributed by atoms with Crippen LogP contribution in [0.3, 0.4) is 0 Å². The Bertz CT molecular complexity index is 1150. The first kappa shape index (κ1) is 21.7. The zero-order valence-corrected chi connectivity index (χ0v) is 17.9. The minimum absolute atomic E-state index is 0.0872. The Balaban J connectivity index is 1.79. The topological polar surface area (TPSA) is 107 Å². The number of nitrogens with zero attached hydrogens (tertiary/aromatic N) is 3. The summed E-state index contributed by atoms with van der Waals surface area (Å²) in [7, 11) is 0. The number of aromatic nitrogens is 4. The van der Waals surface area contributed by atoms with Crippen LogP contribution in [0.2, 0.25) is 0 Å². The Morgan fingerprint density at radius 3 is 2.50 bits per heavy atom. The summed E-state index contributed by atoms with van der Waals surface area (Å²) in [4.78, 5) is 46.4. The van der Waals surface area contributed by atoms with Gasteiger partial charge in [0.05, 0.1) is 17.1 Å². The van der Waals surface area contributed by atoms with E-state index in [1.807, 2.05) is 44.4 Å². The number of carbonyl (C=O) groups excluding carboxylic acids is 1. The van der Waals surface area contributed by atoms with Crippen molar-refractivity contribution in [3.05, 3.63) is 44.1 Å². The molecule has 0 fully saturated rings. The Kier molecular flexibility index (Phi) is 6.64. The smallest absolute Gasteiger partial charge is 0.349 e. The van der Waals surface area contributed by atoms with Gasteiger partial charge in [0.2, 0.25) is 0 Å². The summed E-state index contributed by atoms with van der Waals surface area (Å²) in [6.45, 7) is 8.30. The van der Waals surface area contributed by atoms with Gasteiger partial charge in [-0.2, -0.15) is 4.98 Å². The molecule has 1 aromatic rings. The second kappa shape index (κ2) is 9.19. The second-order valence-electron chi connectivity index (χ2n) is 7.93. The van der Waals surface area contributed by atoms with Crippen LogP contribution in [-0.2, 0) is 16.1 Å². The normalized spacial score (nSPS) is 11.5. The molecule has 160 valence electrons. The van der Waals surface area contributed by atoms with Gasteiger partial charge in [0.15, 0.2) is 11.5 Å². The maximum atomic E-state index is 12.3. The lowest BCUT2D eigenvalue weighted by atomic mass is 10.1. The number of fused-ring (bicyclic) bond motifs is 2. The molecule has 8 nitrogen and oxygen atoms in total. The monoisotopic (exact) mass is 412 g/mol. The van der Waals surface area contributed by atoms with Crippen LogP contribution in [0.25, 0.3) is 22.6 Å². The van der Waals surface area contributed by atoms with E-state index in [4.69, 9.17) is 4.74 Å². The van der Waals surface area contributed by atoms with E-state index in [0.717, 1.165) is 42.3 Å². The number of esters is 1. The molecule has 8 heteroatoms. The minimum Gasteiger partial charge on any atom is -0.463 e. The number of hydrogen-bond acceptors (Lipinski definition) is 6. The summed E-state index contributed by atoms with van der Waals surface area (Å²) < 4.78 is 7.06. The van der Waals surface area contributed by atoms with Crippen molar-refractivity contribution in [2.75, 3.05) is 0 Å². The van der Waals surface area contributed by atoms with E-state index in [1.54, 1.807) is 0 Å². The van der Waals surface area contributed by atoms with Crippen molar-refractivity contribution < 1.29 is 9.53 Å². The molecule has 1 N–H and O–H groups in total. The SMILES string of the molecule is Cc1cc2nc3c(=O)[nH]c(=O)nc-3n(CCCCCCC(=O)OC(C)C)c2cc1C. The highest BCUT2D eigenvalue weighted by molar-refractivity contribution is 5.81. The number of ether oxygens (including phenoxy) is 1. The van der Waals surface area contributed by atoms with Gasteiger partial charge in [-0.15, -0.1) is 0 Å². The number of nitrogens with one attached hydrogen (secondary N) is 1. The lowest BCUT2D eigenvalue weighted by Gasteiger charge is -2.17. The van der Waals surface area contributed by atoms with Crippen LogP contribution in [0.5, 0.6) is 0 Å². The summed E-state index contributed by atoms with van der Waals surface area (Å²) in [5.41, 5.74) is 2.71. The van der Waals surface area contributed by atoms with Crippen LogP contribution in [0.15, 0.2) is 21.7 Å². The van der Waals surface area contributed by atoms with Crippen molar-refractivity contribution in [3.8, 4) is 11.5 Å². The van der Waals surface area contributed by atoms with E-state index >= 15 is 0 Å². The number of benzene rings is 1. The molecule has 0 atom stereocenters. The van der Waals surface area contributed by atoms with Gasteiger partial charge in [-0.1, -0.05) is 12.8 Å². The van der Waals surface area contributed by atoms with Gasteiger partial charge in [0, 0.05) is 13.0 Å². The summed E-state index contributed by atoms with van der Waals surface area (Å²) in [5, 5.41) is 0. The molecule has 0 radical (unpaired) electrons. The number of H-pyrrole nitrogens is 1. The average Bonchev–Trinajstić information content (AvgIpc) is 2.65. The molecule has 2 aliphatic heterocycles. The summed E-state index contributed by atoms with van der Waals surface area (Å²) in [6, 6.07) is 3.97. The van der Waals surface area contributed by atoms with E-state index in [9.17, 15) is 14.4 Å². The van der Waals surface area contributed by atoms with E-state index in [0.29, 0.717) is 24.3 Å². The third kappa shape index (κ3) is 4.93. The van der Waals surface area contributed by atoms with Crippen molar-refractivity contribution in [2.45, 2.75) is 72.4 Å². The second-order valence-corrected chi connectivity index (χ2v) is 7.93. The molecular weight excluding hydrogens is 384 g/mol. The Morgan fingerprint density at radius 2 is 1.77 bits per heavy atom. The first-order valence-corrected chi connectivity index (χ1v) is 10.4. The van der Waals surface area contributed by atoms with Crippen molar-refractivity contribution in [3.63, 3.8) is 0 Å². The zero-order chi connectivity index (χ0) is 21.8. The molecule has 0 spiro atoms. The molecule has 0 aromatic heterocycles. The number of rotatable bonds is 8. The van der Waals surface area contributed by atoms with Gasteiger partial charge in [0.1, 0.15) is 0 Å². The molecule has 0 saturated heterocycles. The first-order chi connectivity index (χ1) is 14.3. The number of unbranched alkanes of at least 4 members (excludes halogenated alkanes) is 3. The number of aryl methyl sites for hydroxylation is 3. The number of aromatic amines is 1. The summed E-state index contributed by atoms with van der Waals surface area (Å²) in [6.07, 6.45) is 3.74. The Hall–Kier alpha value is -3.03. The zero-order valence-electron chi connectivity index (χ0n) is 17.9. The van der Waals surface area contributed by atoms with E-state index in [1.165, 1.54) is 0 Å². The molecule has 0 bridgehead atoms. The highest BCUT2D eigenvalue weighted by atomic mass is 16.5. The Labute approximate surface area is 174 Å². The third-order valence-electron chi connectivity index (χ3n) is 5.10. The van der Waals surface area contributed by atoms with E-state index < -0.39 is 11.2 Å². The van der Waals surface area contributed by atoms with Crippen LogP contribution >= 0.6 is 0 Å². The highest BCUT2D eigenvalue weighted by Crippen LogP contribution is 2.24. The molecule has 30 heavy (non-hydrogen) atoms. The maximum absolute atomic E-state index is 12.3. The van der Waals surface area contributed by atoms with Crippen LogP contribution in [-0.4, -0.2) is 31.6 Å². The van der Waals surface area contributed by atoms with Crippen molar-refractivity contribution >= 4 is 17.0 Å². The number of carbonyl (C=O) groups is 1.